The molecule has 10 heteroatoms. The number of nitrogens with two attached hydrogens (primary N) is 1. The summed E-state index contributed by atoms with van der Waals surface area (Å²) in [6.07, 6.45) is 2.70. The maximum absolute atomic E-state index is 11.7. The summed E-state index contributed by atoms with van der Waals surface area (Å²) in [4.78, 5) is 12.7. The van der Waals surface area contributed by atoms with Gasteiger partial charge in [0.05, 0.1) is 12.8 Å². The fourth-order valence-electron chi connectivity index (χ4n) is 1.07. The number of carbonyl (C=O) groups is 1. The van der Waals surface area contributed by atoms with Gasteiger partial charge in [-0.1, -0.05) is 5.75 Å². The van der Waals surface area contributed by atoms with Crippen LogP contribution in [-0.4, -0.2) is 27.4 Å². The average molecular weight is 364 g/mol. The molecular weight excluding hydrogens is 350 g/mol. The number of nitrogens with zero attached hydrogens (tertiary/aromatic N) is 2. The number of carboxylic acids is 1. The minimum Gasteiger partial charge on any atom is -0.871 e. The second-order valence-corrected chi connectivity index (χ2v) is 3.94. The number of aliphatic hydroxyl groups is 1. The van der Waals surface area contributed by atoms with E-state index in [1.54, 1.807) is 6.92 Å². The molecule has 21 heavy (non-hydrogen) atoms. The number of aryl methyl sites for hydroxylation is 1. The summed E-state index contributed by atoms with van der Waals surface area (Å²) in [6, 6.07) is 0. The third kappa shape index (κ3) is 9.01. The van der Waals surface area contributed by atoms with Crippen LogP contribution in [0.1, 0.15) is 23.7 Å². The molecule has 1 aromatic heterocycles. The number of aromatic nitrogens is 1. The minimum atomic E-state index is -1.08. The van der Waals surface area contributed by atoms with E-state index < -0.39 is 5.97 Å². The van der Waals surface area contributed by atoms with E-state index in [-0.39, 0.29) is 42.5 Å². The number of hydrazone groups is 1. The summed E-state index contributed by atoms with van der Waals surface area (Å²) >= 11 is 4.54. The number of carbonyl (C=O) groups excluding carboxylic acids is 1. The summed E-state index contributed by atoms with van der Waals surface area (Å²) in [5, 5.41) is 33.3. The molecule has 0 unspecified atom stereocenters. The number of pyridine rings is 1. The van der Waals surface area contributed by atoms with Crippen molar-refractivity contribution in [1.29, 1.82) is 0 Å². The molecule has 110 valence electrons. The third-order valence-corrected chi connectivity index (χ3v) is 1.96. The van der Waals surface area contributed by atoms with Gasteiger partial charge in [0.25, 0.3) is 0 Å². The molecule has 0 aromatic carbocycles. The molecule has 1 rings (SSSR count). The average Bonchev–Trinajstić information content (AvgIpc) is 2.33. The molecule has 8 nitrogen and oxygen atoms in total. The van der Waals surface area contributed by atoms with E-state index in [4.69, 9.17) is 20.7 Å². The van der Waals surface area contributed by atoms with Gasteiger partial charge in [0.15, 0.2) is 5.11 Å². The van der Waals surface area contributed by atoms with Gasteiger partial charge in [-0.2, -0.15) is 5.10 Å². The molecular formula is C11H14N4O4SZn. The molecule has 0 radical (unpaired) electrons. The Morgan fingerprint density at radius 1 is 1.67 bits per heavy atom. The fraction of sp³-hybridized carbons (Fsp3) is 0.273. The SMILES string of the molecule is CC(=O)[O-].Cc1ncc(CO)c(/C=N/NC(N)=S)c1[O-].[Zn+2]. The van der Waals surface area contributed by atoms with E-state index in [2.05, 4.69) is 27.7 Å². The van der Waals surface area contributed by atoms with Crippen LogP contribution in [0.15, 0.2) is 11.3 Å². The van der Waals surface area contributed by atoms with Crippen LogP contribution < -0.4 is 21.4 Å². The van der Waals surface area contributed by atoms with Gasteiger partial charge in [0.1, 0.15) is 0 Å². The monoisotopic (exact) mass is 362 g/mol. The smallest absolute Gasteiger partial charge is 0.871 e. The number of thiocarbonyl (C=S) groups is 1. The van der Waals surface area contributed by atoms with Gasteiger partial charge in [-0.05, 0) is 31.6 Å². The van der Waals surface area contributed by atoms with Crippen molar-refractivity contribution in [2.24, 2.45) is 10.8 Å². The minimum absolute atomic E-state index is 0. The zero-order valence-electron chi connectivity index (χ0n) is 11.6. The van der Waals surface area contributed by atoms with Gasteiger partial charge in [-0.3, -0.25) is 10.4 Å². The first-order valence-corrected chi connectivity index (χ1v) is 5.72. The van der Waals surface area contributed by atoms with E-state index in [9.17, 15) is 5.11 Å². The largest absolute Gasteiger partial charge is 2.00 e. The molecule has 4 N–H and O–H groups in total. The number of hydrogen-bond donors (Lipinski definition) is 3. The quantitative estimate of drug-likeness (QED) is 0.239. The Hall–Kier alpha value is -1.64. The maximum Gasteiger partial charge on any atom is 2.00 e. The predicted molar refractivity (Wildman–Crippen MR) is 72.5 cm³/mol. The number of aliphatic carboxylic acids is 1. The molecule has 0 bridgehead atoms. The molecule has 0 aliphatic carbocycles. The van der Waals surface area contributed by atoms with Gasteiger partial charge in [0, 0.05) is 23.4 Å². The van der Waals surface area contributed by atoms with E-state index in [0.717, 1.165) is 6.92 Å². The first kappa shape index (κ1) is 21.7. The summed E-state index contributed by atoms with van der Waals surface area (Å²) in [5.41, 5.74) is 8.52. The van der Waals surface area contributed by atoms with Crippen molar-refractivity contribution < 1.29 is 39.6 Å². The summed E-state index contributed by atoms with van der Waals surface area (Å²) in [6.45, 7) is 2.28. The van der Waals surface area contributed by atoms with Gasteiger partial charge in [-0.25, -0.2) is 0 Å². The molecule has 0 amide bonds. The number of rotatable bonds is 3. The van der Waals surface area contributed by atoms with Crippen molar-refractivity contribution in [3.63, 3.8) is 0 Å². The van der Waals surface area contributed by atoms with E-state index in [1.165, 1.54) is 12.4 Å². The van der Waals surface area contributed by atoms with Crippen LogP contribution in [-0.2, 0) is 30.9 Å². The standard InChI is InChI=1S/C9H12N4O2S.C2H4O2.Zn/c1-5-8(15)7(3-12-13-9(10)16)6(4-14)2-11-5;1-2(3)4;/h2-3,14-15H,4H2,1H3,(H3,10,13,16);1H3,(H,3,4);/q;;+2/p-2/b12-3+;;. The first-order valence-electron chi connectivity index (χ1n) is 5.32. The summed E-state index contributed by atoms with van der Waals surface area (Å²) in [7, 11) is 0. The Balaban J connectivity index is 0. The van der Waals surface area contributed by atoms with Crippen LogP contribution >= 0.6 is 12.2 Å². The maximum atomic E-state index is 11.7. The zero-order valence-corrected chi connectivity index (χ0v) is 15.4. The second kappa shape index (κ2) is 11.1. The first-order chi connectivity index (χ1) is 9.29. The molecule has 0 spiro atoms. The Kier molecular flexibility index (Phi) is 11.4. The number of aliphatic hydroxyl groups excluding tert-OH is 1. The van der Waals surface area contributed by atoms with E-state index in [0.29, 0.717) is 11.3 Å². The summed E-state index contributed by atoms with van der Waals surface area (Å²) < 4.78 is 0. The van der Waals surface area contributed by atoms with Crippen LogP contribution in [0.4, 0.5) is 0 Å². The van der Waals surface area contributed by atoms with Crippen LogP contribution in [0.3, 0.4) is 0 Å². The van der Waals surface area contributed by atoms with Gasteiger partial charge < -0.3 is 25.8 Å². The fourth-order valence-corrected chi connectivity index (χ4v) is 1.12. The predicted octanol–water partition coefficient (Wildman–Crippen LogP) is -2.12. The number of nitrogens with one attached hydrogen (secondary N) is 1. The van der Waals surface area contributed by atoms with Crippen molar-refractivity contribution in [2.45, 2.75) is 20.5 Å². The van der Waals surface area contributed by atoms with Crippen molar-refractivity contribution in [1.82, 2.24) is 10.4 Å². The Labute approximate surface area is 139 Å². The summed E-state index contributed by atoms with van der Waals surface area (Å²) in [5.74, 6) is -1.36. The van der Waals surface area contributed by atoms with Crippen molar-refractivity contribution in [3.05, 3.63) is 23.0 Å². The van der Waals surface area contributed by atoms with Gasteiger partial charge in [-0.15, -0.1) is 0 Å². The zero-order chi connectivity index (χ0) is 15.7. The van der Waals surface area contributed by atoms with Crippen molar-refractivity contribution >= 4 is 29.5 Å². The van der Waals surface area contributed by atoms with Crippen molar-refractivity contribution in [3.8, 4) is 5.75 Å². The number of hydrogen-bond acceptors (Lipinski definition) is 7. The molecule has 0 aliphatic heterocycles. The Morgan fingerprint density at radius 2 is 2.19 bits per heavy atom. The van der Waals surface area contributed by atoms with Gasteiger partial charge in [0.2, 0.25) is 0 Å². The molecule has 1 aromatic rings. The molecule has 0 atom stereocenters. The molecule has 0 fully saturated rings. The number of carboxylic acid groups (broad SMARTS) is 1. The van der Waals surface area contributed by atoms with Gasteiger partial charge >= 0.3 is 19.5 Å². The molecule has 0 aliphatic rings. The van der Waals surface area contributed by atoms with Crippen LogP contribution in [0.5, 0.6) is 5.75 Å². The van der Waals surface area contributed by atoms with Crippen molar-refractivity contribution in [2.75, 3.05) is 0 Å². The second-order valence-electron chi connectivity index (χ2n) is 3.50. The van der Waals surface area contributed by atoms with Crippen LogP contribution in [0.25, 0.3) is 0 Å². The van der Waals surface area contributed by atoms with Crippen LogP contribution in [0.2, 0.25) is 0 Å². The van der Waals surface area contributed by atoms with Crippen LogP contribution in [0, 0.1) is 6.92 Å². The Bertz CT molecular complexity index is 521. The molecule has 1 heterocycles. The third-order valence-electron chi connectivity index (χ3n) is 1.87. The topological polar surface area (TPSA) is 147 Å². The normalized spacial score (nSPS) is 9.29. The molecule has 0 saturated carbocycles. The molecule has 0 saturated heterocycles. The Morgan fingerprint density at radius 3 is 2.62 bits per heavy atom. The van der Waals surface area contributed by atoms with E-state index >= 15 is 0 Å². The van der Waals surface area contributed by atoms with E-state index in [1.807, 2.05) is 0 Å².